The molecular weight excluding hydrogens is 390 g/mol. The highest BCUT2D eigenvalue weighted by atomic mass is 32.2. The van der Waals surface area contributed by atoms with E-state index in [0.717, 1.165) is 37.6 Å². The number of ether oxygens (including phenoxy) is 1. The van der Waals surface area contributed by atoms with Crippen LogP contribution in [-0.2, 0) is 16.7 Å². The van der Waals surface area contributed by atoms with Crippen LogP contribution in [0, 0.1) is 13.8 Å². The maximum absolute atomic E-state index is 12.6. The SMILES string of the molecule is CCOc1ccccc1N1CC[NH+](Cn2nc(C)c(S(=O)(=O)N(C)C)c2C)CC1. The third-order valence-corrected chi connectivity index (χ3v) is 7.47. The van der Waals surface area contributed by atoms with Gasteiger partial charge in [0.2, 0.25) is 10.0 Å². The molecule has 0 radical (unpaired) electrons. The van der Waals surface area contributed by atoms with Crippen LogP contribution >= 0.6 is 0 Å². The molecule has 8 nitrogen and oxygen atoms in total. The Morgan fingerprint density at radius 3 is 2.45 bits per heavy atom. The number of para-hydroxylation sites is 2. The van der Waals surface area contributed by atoms with Gasteiger partial charge in [0.1, 0.15) is 10.6 Å². The molecule has 0 aliphatic carbocycles. The smallest absolute Gasteiger partial charge is 0.246 e. The molecule has 9 heteroatoms. The van der Waals surface area contributed by atoms with Crippen LogP contribution in [0.4, 0.5) is 5.69 Å². The van der Waals surface area contributed by atoms with Gasteiger partial charge in [0, 0.05) is 14.1 Å². The topological polar surface area (TPSA) is 72.1 Å². The number of nitrogens with zero attached hydrogens (tertiary/aromatic N) is 4. The maximum Gasteiger partial charge on any atom is 0.246 e. The molecule has 0 unspecified atom stereocenters. The number of piperazine rings is 1. The summed E-state index contributed by atoms with van der Waals surface area (Å²) in [5, 5.41) is 4.52. The minimum Gasteiger partial charge on any atom is -0.492 e. The van der Waals surface area contributed by atoms with Crippen LogP contribution in [-0.4, -0.2) is 69.4 Å². The Hall–Kier alpha value is -2.10. The predicted molar refractivity (Wildman–Crippen MR) is 113 cm³/mol. The van der Waals surface area contributed by atoms with Crippen LogP contribution in [0.5, 0.6) is 5.75 Å². The van der Waals surface area contributed by atoms with Crippen molar-refractivity contribution in [2.45, 2.75) is 32.3 Å². The second kappa shape index (κ2) is 8.73. The molecule has 160 valence electrons. The summed E-state index contributed by atoms with van der Waals surface area (Å²) in [6, 6.07) is 8.16. The Kier molecular flexibility index (Phi) is 6.50. The molecule has 0 bridgehead atoms. The summed E-state index contributed by atoms with van der Waals surface area (Å²) in [6.45, 7) is 10.7. The van der Waals surface area contributed by atoms with Crippen LogP contribution in [0.2, 0.25) is 0 Å². The van der Waals surface area contributed by atoms with Gasteiger partial charge in [-0.3, -0.25) is 0 Å². The lowest BCUT2D eigenvalue weighted by Gasteiger charge is -2.34. The predicted octanol–water partition coefficient (Wildman–Crippen LogP) is 0.512. The van der Waals surface area contributed by atoms with Gasteiger partial charge in [-0.15, -0.1) is 0 Å². The number of aromatic nitrogens is 2. The van der Waals surface area contributed by atoms with Crippen molar-refractivity contribution in [3.63, 3.8) is 0 Å². The molecule has 0 saturated carbocycles. The highest BCUT2D eigenvalue weighted by Crippen LogP contribution is 2.28. The van der Waals surface area contributed by atoms with E-state index < -0.39 is 10.0 Å². The van der Waals surface area contributed by atoms with Crippen molar-refractivity contribution < 1.29 is 18.1 Å². The number of nitrogens with one attached hydrogen (secondary N) is 1. The number of hydrogen-bond donors (Lipinski definition) is 1. The third-order valence-electron chi connectivity index (χ3n) is 5.40. The Labute approximate surface area is 173 Å². The van der Waals surface area contributed by atoms with E-state index in [2.05, 4.69) is 16.1 Å². The maximum atomic E-state index is 12.6. The second-order valence-corrected chi connectivity index (χ2v) is 9.67. The number of anilines is 1. The Balaban J connectivity index is 1.70. The van der Waals surface area contributed by atoms with Crippen LogP contribution in [0.3, 0.4) is 0 Å². The second-order valence-electron chi connectivity index (χ2n) is 7.58. The fourth-order valence-electron chi connectivity index (χ4n) is 3.82. The van der Waals surface area contributed by atoms with E-state index in [-0.39, 0.29) is 0 Å². The molecule has 1 aromatic heterocycles. The minimum absolute atomic E-state index is 0.325. The molecule has 1 aromatic carbocycles. The lowest BCUT2D eigenvalue weighted by molar-refractivity contribution is -0.924. The first-order chi connectivity index (χ1) is 13.8. The van der Waals surface area contributed by atoms with Crippen molar-refractivity contribution >= 4 is 15.7 Å². The molecule has 3 rings (SSSR count). The van der Waals surface area contributed by atoms with Crippen LogP contribution < -0.4 is 14.5 Å². The summed E-state index contributed by atoms with van der Waals surface area (Å²) >= 11 is 0. The first-order valence-corrected chi connectivity index (χ1v) is 11.5. The first-order valence-electron chi connectivity index (χ1n) is 10.0. The summed E-state index contributed by atoms with van der Waals surface area (Å²) < 4.78 is 34.1. The highest BCUT2D eigenvalue weighted by Gasteiger charge is 2.29. The van der Waals surface area contributed by atoms with Gasteiger partial charge in [0.15, 0.2) is 6.67 Å². The van der Waals surface area contributed by atoms with Crippen LogP contribution in [0.15, 0.2) is 29.2 Å². The molecule has 1 saturated heterocycles. The van der Waals surface area contributed by atoms with Gasteiger partial charge >= 0.3 is 0 Å². The zero-order valence-electron chi connectivity index (χ0n) is 18.0. The van der Waals surface area contributed by atoms with Crippen molar-refractivity contribution in [1.82, 2.24) is 14.1 Å². The van der Waals surface area contributed by atoms with Crippen molar-refractivity contribution in [2.24, 2.45) is 0 Å². The average molecular weight is 423 g/mol. The lowest BCUT2D eigenvalue weighted by Crippen LogP contribution is -3.14. The quantitative estimate of drug-likeness (QED) is 0.704. The van der Waals surface area contributed by atoms with Gasteiger partial charge in [-0.25, -0.2) is 17.4 Å². The molecule has 1 fully saturated rings. The molecule has 1 N–H and O–H groups in total. The number of sulfonamides is 1. The van der Waals surface area contributed by atoms with Gasteiger partial charge in [0.05, 0.1) is 49.9 Å². The van der Waals surface area contributed by atoms with Gasteiger partial charge in [-0.05, 0) is 32.9 Å². The summed E-state index contributed by atoms with van der Waals surface area (Å²) in [7, 11) is -0.391. The van der Waals surface area contributed by atoms with Gasteiger partial charge in [-0.1, -0.05) is 12.1 Å². The number of benzene rings is 1. The lowest BCUT2D eigenvalue weighted by atomic mass is 10.2. The molecular formula is C20H32N5O3S+. The molecule has 29 heavy (non-hydrogen) atoms. The molecule has 2 aromatic rings. The summed E-state index contributed by atoms with van der Waals surface area (Å²) in [5.41, 5.74) is 2.39. The molecule has 1 aliphatic rings. The Morgan fingerprint density at radius 1 is 1.17 bits per heavy atom. The van der Waals surface area contributed by atoms with E-state index in [9.17, 15) is 8.42 Å². The van der Waals surface area contributed by atoms with Crippen molar-refractivity contribution in [3.05, 3.63) is 35.7 Å². The molecule has 2 heterocycles. The number of quaternary nitrogens is 1. The largest absolute Gasteiger partial charge is 0.492 e. The van der Waals surface area contributed by atoms with Crippen LogP contribution in [0.1, 0.15) is 18.3 Å². The van der Waals surface area contributed by atoms with E-state index in [1.54, 1.807) is 21.0 Å². The summed E-state index contributed by atoms with van der Waals surface area (Å²) in [6.07, 6.45) is 0. The van der Waals surface area contributed by atoms with Gasteiger partial charge < -0.3 is 14.5 Å². The van der Waals surface area contributed by atoms with E-state index in [0.29, 0.717) is 29.6 Å². The highest BCUT2D eigenvalue weighted by molar-refractivity contribution is 7.89. The fourth-order valence-corrected chi connectivity index (χ4v) is 5.08. The molecule has 1 aliphatic heterocycles. The number of aryl methyl sites for hydroxylation is 1. The van der Waals surface area contributed by atoms with Gasteiger partial charge in [0.25, 0.3) is 0 Å². The third kappa shape index (κ3) is 4.41. The van der Waals surface area contributed by atoms with Gasteiger partial charge in [-0.2, -0.15) is 5.10 Å². The number of hydrogen-bond acceptors (Lipinski definition) is 5. The monoisotopic (exact) mass is 422 g/mol. The molecule has 0 spiro atoms. The minimum atomic E-state index is -3.49. The fraction of sp³-hybridized carbons (Fsp3) is 0.550. The number of rotatable bonds is 7. The van der Waals surface area contributed by atoms with Crippen molar-refractivity contribution in [3.8, 4) is 5.75 Å². The van der Waals surface area contributed by atoms with Crippen LogP contribution in [0.25, 0.3) is 0 Å². The van der Waals surface area contributed by atoms with E-state index in [1.807, 2.05) is 36.7 Å². The first kappa shape index (κ1) is 21.6. The van der Waals surface area contributed by atoms with Crippen molar-refractivity contribution in [1.29, 1.82) is 0 Å². The zero-order valence-corrected chi connectivity index (χ0v) is 18.8. The van der Waals surface area contributed by atoms with E-state index in [1.165, 1.54) is 9.21 Å². The Bertz CT molecular complexity index is 947. The average Bonchev–Trinajstić information content (AvgIpc) is 2.97. The molecule has 0 atom stereocenters. The summed E-state index contributed by atoms with van der Waals surface area (Å²) in [4.78, 5) is 4.07. The Morgan fingerprint density at radius 2 is 1.83 bits per heavy atom. The zero-order chi connectivity index (χ0) is 21.2. The normalized spacial score (nSPS) is 15.9. The van der Waals surface area contributed by atoms with E-state index >= 15 is 0 Å². The summed E-state index contributed by atoms with van der Waals surface area (Å²) in [5.74, 6) is 0.926. The van der Waals surface area contributed by atoms with Crippen molar-refractivity contribution in [2.75, 3.05) is 51.8 Å². The molecule has 0 amide bonds. The standard InChI is InChI=1S/C20H31N5O3S/c1-6-28-19-10-8-7-9-18(19)24-13-11-23(12-14-24)15-25-17(3)20(16(2)21-25)29(26,27)22(4)5/h7-10H,6,11-15H2,1-5H3/p+1. The van der Waals surface area contributed by atoms with E-state index in [4.69, 9.17) is 4.74 Å².